The topological polar surface area (TPSA) is 71.8 Å². The molecular weight excluding hydrogens is 416 g/mol. The van der Waals surface area contributed by atoms with E-state index in [1.54, 1.807) is 19.1 Å². The van der Waals surface area contributed by atoms with Gasteiger partial charge in [0, 0.05) is 13.1 Å². The zero-order valence-electron chi connectivity index (χ0n) is 19.3. The van der Waals surface area contributed by atoms with Crippen LogP contribution >= 0.6 is 0 Å². The summed E-state index contributed by atoms with van der Waals surface area (Å²) in [6.45, 7) is 7.00. The predicted octanol–water partition coefficient (Wildman–Crippen LogP) is 4.67. The van der Waals surface area contributed by atoms with Gasteiger partial charge >= 0.3 is 0 Å². The molecule has 1 aromatic heterocycles. The van der Waals surface area contributed by atoms with Gasteiger partial charge in [0.05, 0.1) is 12.3 Å². The van der Waals surface area contributed by atoms with Crippen LogP contribution in [0.1, 0.15) is 59.1 Å². The Morgan fingerprint density at radius 2 is 2.03 bits per heavy atom. The molecule has 2 heterocycles. The smallest absolute Gasteiger partial charge is 0.290 e. The molecule has 2 aromatic carbocycles. The van der Waals surface area contributed by atoms with Gasteiger partial charge in [-0.25, -0.2) is 0 Å². The number of hydrogen-bond acceptors (Lipinski definition) is 4. The highest BCUT2D eigenvalue weighted by molar-refractivity contribution is 5.92. The Morgan fingerprint density at radius 3 is 2.76 bits per heavy atom. The van der Waals surface area contributed by atoms with Crippen LogP contribution in [-0.2, 0) is 11.2 Å². The molecule has 0 aliphatic carbocycles. The molecule has 0 spiro atoms. The van der Waals surface area contributed by atoms with E-state index in [9.17, 15) is 9.59 Å². The number of fused-ring (bicyclic) bond motifs is 1. The second-order valence-electron chi connectivity index (χ2n) is 8.45. The molecule has 6 nitrogen and oxygen atoms in total. The van der Waals surface area contributed by atoms with E-state index in [1.165, 1.54) is 11.8 Å². The SMILES string of the molecule is CCCNC(=O)[C@H](C)Oc1ccc2c(c1)[C@H](c1cccc(C)c1)N(C(=O)c1ccco1)CC2. The summed E-state index contributed by atoms with van der Waals surface area (Å²) in [5, 5.41) is 2.87. The Kier molecular flexibility index (Phi) is 6.82. The first kappa shape index (κ1) is 22.6. The molecule has 1 aliphatic rings. The van der Waals surface area contributed by atoms with E-state index in [4.69, 9.17) is 9.15 Å². The summed E-state index contributed by atoms with van der Waals surface area (Å²) in [7, 11) is 0. The van der Waals surface area contributed by atoms with Crippen molar-refractivity contribution in [3.63, 3.8) is 0 Å². The van der Waals surface area contributed by atoms with Gasteiger partial charge in [-0.3, -0.25) is 9.59 Å². The number of nitrogens with one attached hydrogen (secondary N) is 1. The van der Waals surface area contributed by atoms with Crippen molar-refractivity contribution >= 4 is 11.8 Å². The highest BCUT2D eigenvalue weighted by Gasteiger charge is 2.34. The number of hydrogen-bond donors (Lipinski definition) is 1. The van der Waals surface area contributed by atoms with Crippen LogP contribution in [0.3, 0.4) is 0 Å². The molecule has 2 amide bonds. The Hall–Kier alpha value is -3.54. The average Bonchev–Trinajstić information content (AvgIpc) is 3.36. The van der Waals surface area contributed by atoms with Crippen molar-refractivity contribution in [2.24, 2.45) is 0 Å². The summed E-state index contributed by atoms with van der Waals surface area (Å²) in [6.07, 6.45) is 2.51. The highest BCUT2D eigenvalue weighted by Crippen LogP contribution is 2.38. The maximum atomic E-state index is 13.3. The average molecular weight is 447 g/mol. The second kappa shape index (κ2) is 9.94. The van der Waals surface area contributed by atoms with Gasteiger partial charge in [0.2, 0.25) is 0 Å². The summed E-state index contributed by atoms with van der Waals surface area (Å²) in [5.41, 5.74) is 4.33. The van der Waals surface area contributed by atoms with Gasteiger partial charge in [-0.1, -0.05) is 42.8 Å². The van der Waals surface area contributed by atoms with E-state index in [0.717, 1.165) is 29.5 Å². The van der Waals surface area contributed by atoms with Gasteiger partial charge in [0.25, 0.3) is 11.8 Å². The summed E-state index contributed by atoms with van der Waals surface area (Å²) in [5.74, 6) is 0.651. The lowest BCUT2D eigenvalue weighted by Crippen LogP contribution is -2.40. The van der Waals surface area contributed by atoms with Gasteiger partial charge in [-0.15, -0.1) is 0 Å². The zero-order chi connectivity index (χ0) is 23.4. The Balaban J connectivity index is 1.69. The molecule has 1 N–H and O–H groups in total. The van der Waals surface area contributed by atoms with Gasteiger partial charge in [0.1, 0.15) is 5.75 Å². The molecule has 6 heteroatoms. The first-order valence-electron chi connectivity index (χ1n) is 11.5. The molecule has 33 heavy (non-hydrogen) atoms. The van der Waals surface area contributed by atoms with Crippen LogP contribution in [-0.4, -0.2) is 35.9 Å². The zero-order valence-corrected chi connectivity index (χ0v) is 19.3. The third-order valence-corrected chi connectivity index (χ3v) is 5.93. The summed E-state index contributed by atoms with van der Waals surface area (Å²) < 4.78 is 11.4. The van der Waals surface area contributed by atoms with E-state index >= 15 is 0 Å². The fourth-order valence-corrected chi connectivity index (χ4v) is 4.28. The predicted molar refractivity (Wildman–Crippen MR) is 126 cm³/mol. The van der Waals surface area contributed by atoms with Gasteiger partial charge in [-0.2, -0.15) is 0 Å². The van der Waals surface area contributed by atoms with Gasteiger partial charge in [-0.05, 0) is 67.6 Å². The number of ether oxygens (including phenoxy) is 1. The van der Waals surface area contributed by atoms with Crippen molar-refractivity contribution in [3.05, 3.63) is 88.9 Å². The Bertz CT molecular complexity index is 1120. The minimum Gasteiger partial charge on any atom is -0.481 e. The molecule has 3 aromatic rings. The number of carbonyl (C=O) groups is 2. The van der Waals surface area contributed by atoms with Crippen LogP contribution in [0.15, 0.2) is 65.3 Å². The van der Waals surface area contributed by atoms with Crippen molar-refractivity contribution in [1.29, 1.82) is 0 Å². The number of aryl methyl sites for hydroxylation is 1. The normalized spacial score (nSPS) is 16.1. The van der Waals surface area contributed by atoms with Gasteiger partial charge < -0.3 is 19.4 Å². The molecule has 0 fully saturated rings. The minimum atomic E-state index is -0.614. The molecule has 0 bridgehead atoms. The third kappa shape index (κ3) is 4.95. The van der Waals surface area contributed by atoms with E-state index in [1.807, 2.05) is 55.1 Å². The summed E-state index contributed by atoms with van der Waals surface area (Å²) in [6, 6.07) is 17.3. The standard InChI is InChI=1S/C27H30N2O4/c1-4-13-28-26(30)19(3)33-22-11-10-20-12-14-29(27(31)24-9-6-15-32-24)25(23(20)17-22)21-8-5-7-18(2)16-21/h5-11,15-17,19,25H,4,12-14H2,1-3H3,(H,28,30)/t19-,25-/m0/s1. The Labute approximate surface area is 194 Å². The summed E-state index contributed by atoms with van der Waals surface area (Å²) >= 11 is 0. The largest absolute Gasteiger partial charge is 0.481 e. The monoisotopic (exact) mass is 446 g/mol. The second-order valence-corrected chi connectivity index (χ2v) is 8.45. The molecular formula is C27H30N2O4. The summed E-state index contributed by atoms with van der Waals surface area (Å²) in [4.78, 5) is 27.5. The molecule has 0 unspecified atom stereocenters. The molecule has 0 saturated heterocycles. The number of rotatable bonds is 7. The Morgan fingerprint density at radius 1 is 1.18 bits per heavy atom. The van der Waals surface area contributed by atoms with Crippen LogP contribution < -0.4 is 10.1 Å². The lowest BCUT2D eigenvalue weighted by molar-refractivity contribution is -0.127. The van der Waals surface area contributed by atoms with E-state index in [0.29, 0.717) is 24.6 Å². The number of nitrogens with zero attached hydrogens (tertiary/aromatic N) is 1. The number of benzene rings is 2. The van der Waals surface area contributed by atoms with Gasteiger partial charge in [0.15, 0.2) is 11.9 Å². The molecule has 0 radical (unpaired) electrons. The number of furan rings is 1. The van der Waals surface area contributed by atoms with Crippen LogP contribution in [0.25, 0.3) is 0 Å². The molecule has 0 saturated carbocycles. The maximum Gasteiger partial charge on any atom is 0.290 e. The molecule has 172 valence electrons. The molecule has 4 rings (SSSR count). The first-order chi connectivity index (χ1) is 16.0. The minimum absolute atomic E-state index is 0.139. The lowest BCUT2D eigenvalue weighted by atomic mass is 9.87. The van der Waals surface area contributed by atoms with Crippen LogP contribution in [0, 0.1) is 6.92 Å². The van der Waals surface area contributed by atoms with E-state index in [-0.39, 0.29) is 17.9 Å². The quantitative estimate of drug-likeness (QED) is 0.573. The molecule has 2 atom stereocenters. The van der Waals surface area contributed by atoms with Crippen molar-refractivity contribution in [2.45, 2.75) is 45.8 Å². The third-order valence-electron chi connectivity index (χ3n) is 5.93. The van der Waals surface area contributed by atoms with Crippen molar-refractivity contribution < 1.29 is 18.7 Å². The van der Waals surface area contributed by atoms with Crippen LogP contribution in [0.5, 0.6) is 5.75 Å². The van der Waals surface area contributed by atoms with E-state index < -0.39 is 6.10 Å². The van der Waals surface area contributed by atoms with E-state index in [2.05, 4.69) is 11.4 Å². The first-order valence-corrected chi connectivity index (χ1v) is 11.5. The fourth-order valence-electron chi connectivity index (χ4n) is 4.28. The van der Waals surface area contributed by atoms with Crippen molar-refractivity contribution in [2.75, 3.05) is 13.1 Å². The van der Waals surface area contributed by atoms with Crippen molar-refractivity contribution in [1.82, 2.24) is 10.2 Å². The van der Waals surface area contributed by atoms with Crippen LogP contribution in [0.2, 0.25) is 0 Å². The number of amides is 2. The lowest BCUT2D eigenvalue weighted by Gasteiger charge is -2.37. The van der Waals surface area contributed by atoms with Crippen LogP contribution in [0.4, 0.5) is 0 Å². The highest BCUT2D eigenvalue weighted by atomic mass is 16.5. The van der Waals surface area contributed by atoms with Crippen molar-refractivity contribution in [3.8, 4) is 5.75 Å². The number of carbonyl (C=O) groups excluding carboxylic acids is 2. The fraction of sp³-hybridized carbons (Fsp3) is 0.333. The molecule has 1 aliphatic heterocycles. The maximum absolute atomic E-state index is 13.3.